The van der Waals surface area contributed by atoms with E-state index < -0.39 is 5.95 Å². The van der Waals surface area contributed by atoms with Crippen molar-refractivity contribution in [1.82, 2.24) is 4.98 Å². The van der Waals surface area contributed by atoms with Gasteiger partial charge < -0.3 is 5.32 Å². The first-order valence-electron chi connectivity index (χ1n) is 6.89. The Morgan fingerprint density at radius 3 is 2.57 bits per heavy atom. The van der Waals surface area contributed by atoms with Crippen molar-refractivity contribution < 1.29 is 4.39 Å². The van der Waals surface area contributed by atoms with Crippen molar-refractivity contribution in [2.75, 3.05) is 5.32 Å². The molecule has 0 unspecified atom stereocenters. The van der Waals surface area contributed by atoms with Gasteiger partial charge in [0.05, 0.1) is 0 Å². The molecule has 21 heavy (non-hydrogen) atoms. The first-order chi connectivity index (χ1) is 10.3. The van der Waals surface area contributed by atoms with E-state index in [1.807, 2.05) is 6.07 Å². The van der Waals surface area contributed by atoms with Crippen LogP contribution >= 0.6 is 0 Å². The van der Waals surface area contributed by atoms with Gasteiger partial charge in [-0.1, -0.05) is 30.3 Å². The molecule has 1 aliphatic rings. The molecule has 4 rings (SSSR count). The van der Waals surface area contributed by atoms with Gasteiger partial charge in [-0.15, -0.1) is 0 Å². The molecule has 0 amide bonds. The minimum Gasteiger partial charge on any atom is -0.355 e. The van der Waals surface area contributed by atoms with Gasteiger partial charge >= 0.3 is 0 Å². The van der Waals surface area contributed by atoms with Gasteiger partial charge in [-0.05, 0) is 46.9 Å². The minimum absolute atomic E-state index is 0.478. The maximum absolute atomic E-state index is 13.1. The van der Waals surface area contributed by atoms with Crippen molar-refractivity contribution in [3.63, 3.8) is 0 Å². The van der Waals surface area contributed by atoms with E-state index in [1.54, 1.807) is 6.07 Å². The number of hydrogen-bond acceptors (Lipinski definition) is 2. The Bertz CT molecular complexity index is 827. The molecule has 2 nitrogen and oxygen atoms in total. The van der Waals surface area contributed by atoms with E-state index in [2.05, 4.69) is 46.7 Å². The Hall–Kier alpha value is -2.68. The van der Waals surface area contributed by atoms with Crippen LogP contribution in [0.25, 0.3) is 11.1 Å². The monoisotopic (exact) mass is 276 g/mol. The summed E-state index contributed by atoms with van der Waals surface area (Å²) in [4.78, 5) is 3.56. The summed E-state index contributed by atoms with van der Waals surface area (Å²) in [5, 5.41) is 3.22. The summed E-state index contributed by atoms with van der Waals surface area (Å²) in [6.07, 6.45) is 2.41. The van der Waals surface area contributed by atoms with Crippen LogP contribution < -0.4 is 5.32 Å². The van der Waals surface area contributed by atoms with Crippen LogP contribution in [0, 0.1) is 5.95 Å². The molecule has 3 heteroatoms. The number of aromatic nitrogens is 1. The van der Waals surface area contributed by atoms with E-state index in [1.165, 1.54) is 34.5 Å². The number of anilines is 2. The van der Waals surface area contributed by atoms with Crippen LogP contribution in [0.5, 0.6) is 0 Å². The van der Waals surface area contributed by atoms with Crippen LogP contribution in [0.3, 0.4) is 0 Å². The van der Waals surface area contributed by atoms with Crippen LogP contribution in [0.2, 0.25) is 0 Å². The molecule has 0 spiro atoms. The SMILES string of the molecule is Fc1cc(Nc2ccc3c(c2)Cc2ccccc2-3)ccn1. The predicted octanol–water partition coefficient (Wildman–Crippen LogP) is 4.54. The number of hydrogen-bond donors (Lipinski definition) is 1. The van der Waals surface area contributed by atoms with Crippen molar-refractivity contribution in [3.8, 4) is 11.1 Å². The van der Waals surface area contributed by atoms with Crippen LogP contribution in [-0.4, -0.2) is 4.98 Å². The van der Waals surface area contributed by atoms with Gasteiger partial charge in [-0.2, -0.15) is 4.39 Å². The molecule has 0 saturated heterocycles. The second kappa shape index (κ2) is 4.70. The van der Waals surface area contributed by atoms with Crippen molar-refractivity contribution in [1.29, 1.82) is 0 Å². The van der Waals surface area contributed by atoms with Crippen LogP contribution in [0.1, 0.15) is 11.1 Å². The summed E-state index contributed by atoms with van der Waals surface area (Å²) in [5.41, 5.74) is 6.94. The summed E-state index contributed by atoms with van der Waals surface area (Å²) in [6.45, 7) is 0. The predicted molar refractivity (Wildman–Crippen MR) is 82.2 cm³/mol. The Labute approximate surface area is 122 Å². The van der Waals surface area contributed by atoms with Crippen molar-refractivity contribution >= 4 is 11.4 Å². The van der Waals surface area contributed by atoms with Crippen molar-refractivity contribution in [2.45, 2.75) is 6.42 Å². The number of nitrogens with one attached hydrogen (secondary N) is 1. The highest BCUT2D eigenvalue weighted by molar-refractivity contribution is 5.79. The normalized spacial score (nSPS) is 11.9. The van der Waals surface area contributed by atoms with Crippen LogP contribution in [-0.2, 0) is 6.42 Å². The fourth-order valence-electron chi connectivity index (χ4n) is 2.87. The van der Waals surface area contributed by atoms with Gasteiger partial charge in [0.2, 0.25) is 5.95 Å². The Morgan fingerprint density at radius 2 is 1.67 bits per heavy atom. The summed E-state index contributed by atoms with van der Waals surface area (Å²) < 4.78 is 13.1. The maximum atomic E-state index is 13.1. The van der Waals surface area contributed by atoms with Crippen molar-refractivity contribution in [3.05, 3.63) is 77.9 Å². The zero-order valence-corrected chi connectivity index (χ0v) is 11.3. The molecular weight excluding hydrogens is 263 g/mol. The summed E-state index contributed by atoms with van der Waals surface area (Å²) in [7, 11) is 0. The molecule has 1 heterocycles. The quantitative estimate of drug-likeness (QED) is 0.544. The second-order valence-electron chi connectivity index (χ2n) is 5.20. The van der Waals surface area contributed by atoms with E-state index in [9.17, 15) is 4.39 Å². The number of rotatable bonds is 2. The average molecular weight is 276 g/mol. The van der Waals surface area contributed by atoms with Crippen molar-refractivity contribution in [2.24, 2.45) is 0 Å². The molecular formula is C18H13FN2. The summed E-state index contributed by atoms with van der Waals surface area (Å²) in [6, 6.07) is 17.9. The molecule has 102 valence electrons. The highest BCUT2D eigenvalue weighted by Gasteiger charge is 2.17. The van der Waals surface area contributed by atoms with E-state index in [-0.39, 0.29) is 0 Å². The molecule has 0 atom stereocenters. The van der Waals surface area contributed by atoms with E-state index in [0.29, 0.717) is 5.69 Å². The molecule has 0 fully saturated rings. The lowest BCUT2D eigenvalue weighted by atomic mass is 10.1. The number of halogens is 1. The van der Waals surface area contributed by atoms with Gasteiger partial charge in [0.15, 0.2) is 0 Å². The highest BCUT2D eigenvalue weighted by Crippen LogP contribution is 2.37. The van der Waals surface area contributed by atoms with Crippen LogP contribution in [0.4, 0.5) is 15.8 Å². The number of pyridine rings is 1. The van der Waals surface area contributed by atoms with E-state index in [0.717, 1.165) is 12.1 Å². The Morgan fingerprint density at radius 1 is 0.857 bits per heavy atom. The lowest BCUT2D eigenvalue weighted by Crippen LogP contribution is -1.93. The zero-order chi connectivity index (χ0) is 14.2. The first-order valence-corrected chi connectivity index (χ1v) is 6.89. The third-order valence-corrected chi connectivity index (χ3v) is 3.81. The molecule has 0 saturated carbocycles. The standard InChI is InChI=1S/C18H13FN2/c19-18-11-15(7-8-20-18)21-14-5-6-17-13(10-14)9-12-3-1-2-4-16(12)17/h1-8,10-11H,9H2,(H,20,21). The highest BCUT2D eigenvalue weighted by atomic mass is 19.1. The topological polar surface area (TPSA) is 24.9 Å². The minimum atomic E-state index is -0.478. The zero-order valence-electron chi connectivity index (χ0n) is 11.3. The third-order valence-electron chi connectivity index (χ3n) is 3.81. The molecule has 2 aromatic carbocycles. The molecule has 0 radical (unpaired) electrons. The van der Waals surface area contributed by atoms with Gasteiger partial charge in [-0.3, -0.25) is 0 Å². The molecule has 0 aliphatic heterocycles. The smallest absolute Gasteiger partial charge is 0.214 e. The Kier molecular flexibility index (Phi) is 2.71. The van der Waals surface area contributed by atoms with Gasteiger partial charge in [0, 0.05) is 23.6 Å². The first kappa shape index (κ1) is 12.1. The van der Waals surface area contributed by atoms with E-state index in [4.69, 9.17) is 0 Å². The second-order valence-corrected chi connectivity index (χ2v) is 5.20. The van der Waals surface area contributed by atoms with Gasteiger partial charge in [-0.25, -0.2) is 4.98 Å². The van der Waals surface area contributed by atoms with E-state index >= 15 is 0 Å². The summed E-state index contributed by atoms with van der Waals surface area (Å²) >= 11 is 0. The number of benzene rings is 2. The molecule has 0 bridgehead atoms. The molecule has 1 N–H and O–H groups in total. The fraction of sp³-hybridized carbons (Fsp3) is 0.0556. The van der Waals surface area contributed by atoms with Crippen LogP contribution in [0.15, 0.2) is 60.8 Å². The Balaban J connectivity index is 1.67. The largest absolute Gasteiger partial charge is 0.355 e. The van der Waals surface area contributed by atoms with Gasteiger partial charge in [0.1, 0.15) is 0 Å². The number of fused-ring (bicyclic) bond motifs is 3. The average Bonchev–Trinajstić information content (AvgIpc) is 2.85. The fourth-order valence-corrected chi connectivity index (χ4v) is 2.87. The lowest BCUT2D eigenvalue weighted by Gasteiger charge is -2.08. The third kappa shape index (κ3) is 2.17. The summed E-state index contributed by atoms with van der Waals surface area (Å²) in [5.74, 6) is -0.478. The molecule has 1 aliphatic carbocycles. The molecule has 3 aromatic rings. The number of nitrogens with zero attached hydrogens (tertiary/aromatic N) is 1. The molecule has 1 aromatic heterocycles. The maximum Gasteiger partial charge on any atom is 0.214 e. The van der Waals surface area contributed by atoms with Gasteiger partial charge in [0.25, 0.3) is 0 Å². The lowest BCUT2D eigenvalue weighted by molar-refractivity contribution is 0.584.